The third kappa shape index (κ3) is 3.73. The van der Waals surface area contributed by atoms with E-state index in [-0.39, 0.29) is 35.0 Å². The van der Waals surface area contributed by atoms with Gasteiger partial charge in [-0.05, 0) is 11.6 Å². The molecule has 0 spiro atoms. The van der Waals surface area contributed by atoms with Crippen molar-refractivity contribution in [1.29, 1.82) is 0 Å². The summed E-state index contributed by atoms with van der Waals surface area (Å²) in [7, 11) is 0. The van der Waals surface area contributed by atoms with E-state index >= 15 is 0 Å². The number of alkyl halides is 3. The molecule has 0 saturated heterocycles. The van der Waals surface area contributed by atoms with Gasteiger partial charge in [0.2, 0.25) is 11.8 Å². The molecule has 0 unspecified atom stereocenters. The van der Waals surface area contributed by atoms with Crippen molar-refractivity contribution >= 4 is 5.65 Å². The summed E-state index contributed by atoms with van der Waals surface area (Å²) in [6, 6.07) is 0.372. The minimum Gasteiger partial charge on any atom is -0.303 e. The minimum atomic E-state index is -5.08. The van der Waals surface area contributed by atoms with Crippen LogP contribution in [0.15, 0.2) is 35.5 Å². The second-order valence-corrected chi connectivity index (χ2v) is 6.35. The molecule has 1 aromatic carbocycles. The highest BCUT2D eigenvalue weighted by molar-refractivity contribution is 5.55. The Balaban J connectivity index is 1.88. The largest absolute Gasteiger partial charge is 0.419 e. The lowest BCUT2D eigenvalue weighted by Gasteiger charge is -2.12. The number of H-pyrrole nitrogens is 1. The number of nitrogens with one attached hydrogen (secondary N) is 1. The third-order valence-corrected chi connectivity index (χ3v) is 4.31. The zero-order valence-electron chi connectivity index (χ0n) is 14.9. The van der Waals surface area contributed by atoms with Gasteiger partial charge < -0.3 is 4.98 Å². The van der Waals surface area contributed by atoms with Crippen LogP contribution in [-0.2, 0) is 12.6 Å². The number of rotatable bonds is 3. The number of imidazole rings is 1. The van der Waals surface area contributed by atoms with Crippen LogP contribution in [0.3, 0.4) is 0 Å². The van der Waals surface area contributed by atoms with E-state index in [0.29, 0.717) is 6.20 Å². The monoisotopic (exact) mass is 443 g/mol. The van der Waals surface area contributed by atoms with E-state index in [1.54, 1.807) is 0 Å². The molecule has 0 aliphatic carbocycles. The number of hydrogen-bond donors (Lipinski definition) is 1. The van der Waals surface area contributed by atoms with Crippen LogP contribution in [0.4, 0.5) is 30.7 Å². The van der Waals surface area contributed by atoms with E-state index in [1.807, 2.05) is 0 Å². The fourth-order valence-electron chi connectivity index (χ4n) is 2.89. The first-order chi connectivity index (χ1) is 14.5. The summed E-state index contributed by atoms with van der Waals surface area (Å²) in [6.45, 7) is 0. The molecule has 0 bridgehead atoms. The smallest absolute Gasteiger partial charge is 0.303 e. The van der Waals surface area contributed by atoms with Crippen molar-refractivity contribution in [3.8, 4) is 11.5 Å². The summed E-state index contributed by atoms with van der Waals surface area (Å²) in [4.78, 5) is 25.0. The van der Waals surface area contributed by atoms with Gasteiger partial charge in [0.15, 0.2) is 11.5 Å². The molecule has 31 heavy (non-hydrogen) atoms. The molecule has 0 aliphatic heterocycles. The van der Waals surface area contributed by atoms with Gasteiger partial charge in [-0.3, -0.25) is 9.20 Å². The van der Waals surface area contributed by atoms with Crippen molar-refractivity contribution in [3.63, 3.8) is 0 Å². The first-order valence-corrected chi connectivity index (χ1v) is 8.37. The maximum absolute atomic E-state index is 14.2. The van der Waals surface area contributed by atoms with Gasteiger partial charge in [-0.25, -0.2) is 23.7 Å². The lowest BCUT2D eigenvalue weighted by molar-refractivity contribution is -0.140. The standard InChI is InChI=1S/C18H8F7N5O/c19-9-3-10(20)8(18(23,24)25)1-7(9)2-12-16-27-5-14(22)30(16)6-13(28-12)15-26-4-11(21)17(31)29-15/h1,3-6H,2H2,(H,26,29,31). The number of aromatic nitrogens is 5. The van der Waals surface area contributed by atoms with Crippen LogP contribution in [0.25, 0.3) is 17.2 Å². The molecule has 0 aliphatic rings. The van der Waals surface area contributed by atoms with E-state index in [1.165, 1.54) is 0 Å². The molecule has 6 nitrogen and oxygen atoms in total. The summed E-state index contributed by atoms with van der Waals surface area (Å²) >= 11 is 0. The maximum atomic E-state index is 14.2. The van der Waals surface area contributed by atoms with Crippen LogP contribution in [0.1, 0.15) is 16.8 Å². The Morgan fingerprint density at radius 3 is 2.39 bits per heavy atom. The van der Waals surface area contributed by atoms with Gasteiger partial charge in [-0.2, -0.15) is 22.0 Å². The zero-order chi connectivity index (χ0) is 22.5. The van der Waals surface area contributed by atoms with E-state index in [0.717, 1.165) is 16.8 Å². The number of nitrogens with zero attached hydrogens (tertiary/aromatic N) is 4. The van der Waals surface area contributed by atoms with Crippen LogP contribution in [0.5, 0.6) is 0 Å². The topological polar surface area (TPSA) is 75.9 Å². The van der Waals surface area contributed by atoms with Gasteiger partial charge in [-0.15, -0.1) is 0 Å². The lowest BCUT2D eigenvalue weighted by atomic mass is 10.0. The Labute approximate surface area is 167 Å². The van der Waals surface area contributed by atoms with Crippen LogP contribution >= 0.6 is 0 Å². The van der Waals surface area contributed by atoms with E-state index in [9.17, 15) is 35.5 Å². The van der Waals surface area contributed by atoms with Crippen molar-refractivity contribution in [2.24, 2.45) is 0 Å². The van der Waals surface area contributed by atoms with Crippen LogP contribution in [0.2, 0.25) is 0 Å². The number of halogens is 7. The van der Waals surface area contributed by atoms with Crippen LogP contribution in [-0.4, -0.2) is 24.3 Å². The Morgan fingerprint density at radius 1 is 0.968 bits per heavy atom. The number of aromatic amines is 1. The van der Waals surface area contributed by atoms with Gasteiger partial charge in [0.1, 0.15) is 17.3 Å². The van der Waals surface area contributed by atoms with Gasteiger partial charge in [0.05, 0.1) is 23.7 Å². The molecule has 0 amide bonds. The van der Waals surface area contributed by atoms with Gasteiger partial charge in [-0.1, -0.05) is 0 Å². The average molecular weight is 443 g/mol. The minimum absolute atomic E-state index is 0.0877. The van der Waals surface area contributed by atoms with Crippen molar-refractivity contribution in [1.82, 2.24) is 24.3 Å². The number of fused-ring (bicyclic) bond motifs is 1. The molecular formula is C18H8F7N5O. The van der Waals surface area contributed by atoms with Gasteiger partial charge >= 0.3 is 6.18 Å². The first-order valence-electron chi connectivity index (χ1n) is 8.37. The highest BCUT2D eigenvalue weighted by Crippen LogP contribution is 2.33. The molecule has 0 atom stereocenters. The summed E-state index contributed by atoms with van der Waals surface area (Å²) in [5.74, 6) is -5.44. The van der Waals surface area contributed by atoms with Crippen molar-refractivity contribution in [2.75, 3.05) is 0 Å². The maximum Gasteiger partial charge on any atom is 0.419 e. The fraction of sp³-hybridized carbons (Fsp3) is 0.111. The molecule has 3 aromatic heterocycles. The highest BCUT2D eigenvalue weighted by Gasteiger charge is 2.35. The van der Waals surface area contributed by atoms with Gasteiger partial charge in [0, 0.05) is 18.7 Å². The Bertz CT molecular complexity index is 1380. The van der Waals surface area contributed by atoms with E-state index in [2.05, 4.69) is 19.9 Å². The van der Waals surface area contributed by atoms with Gasteiger partial charge in [0.25, 0.3) is 5.56 Å². The highest BCUT2D eigenvalue weighted by atomic mass is 19.4. The Morgan fingerprint density at radius 2 is 1.71 bits per heavy atom. The van der Waals surface area contributed by atoms with Crippen molar-refractivity contribution in [3.05, 3.63) is 81.3 Å². The summed E-state index contributed by atoms with van der Waals surface area (Å²) < 4.78 is 94.9. The third-order valence-electron chi connectivity index (χ3n) is 4.31. The Hall–Kier alpha value is -3.77. The average Bonchev–Trinajstić information content (AvgIpc) is 3.06. The molecule has 13 heteroatoms. The normalized spacial score (nSPS) is 12.0. The van der Waals surface area contributed by atoms with Crippen LogP contribution in [0, 0.1) is 23.4 Å². The van der Waals surface area contributed by atoms with E-state index < -0.39 is 52.7 Å². The molecular weight excluding hydrogens is 435 g/mol. The zero-order valence-corrected chi connectivity index (χ0v) is 14.9. The molecule has 4 rings (SSSR count). The summed E-state index contributed by atoms with van der Waals surface area (Å²) in [6.07, 6.45) is -3.27. The predicted octanol–water partition coefficient (Wildman–Crippen LogP) is 3.65. The first kappa shape index (κ1) is 20.5. The Kier molecular flexibility index (Phi) is 4.75. The SMILES string of the molecule is O=c1[nH]c(-c2cn3c(F)cnc3c(Cc3cc(C(F)(F)F)c(F)cc3F)n2)ncc1F. The van der Waals surface area contributed by atoms with E-state index in [4.69, 9.17) is 0 Å². The number of hydrogen-bond acceptors (Lipinski definition) is 4. The molecule has 1 N–H and O–H groups in total. The molecule has 0 saturated carbocycles. The molecule has 3 heterocycles. The van der Waals surface area contributed by atoms with Crippen molar-refractivity contribution in [2.45, 2.75) is 12.6 Å². The second kappa shape index (κ2) is 7.18. The molecule has 0 radical (unpaired) electrons. The quantitative estimate of drug-likeness (QED) is 0.491. The summed E-state index contributed by atoms with van der Waals surface area (Å²) in [5.41, 5.74) is -3.97. The fourth-order valence-corrected chi connectivity index (χ4v) is 2.89. The molecule has 4 aromatic rings. The number of benzene rings is 1. The van der Waals surface area contributed by atoms with Crippen LogP contribution < -0.4 is 5.56 Å². The molecule has 160 valence electrons. The molecule has 0 fully saturated rings. The van der Waals surface area contributed by atoms with Crippen molar-refractivity contribution < 1.29 is 30.7 Å². The lowest BCUT2D eigenvalue weighted by Crippen LogP contribution is -2.14. The summed E-state index contributed by atoms with van der Waals surface area (Å²) in [5, 5.41) is 0. The predicted molar refractivity (Wildman–Crippen MR) is 90.9 cm³/mol. The second-order valence-electron chi connectivity index (χ2n) is 6.35.